The predicted molar refractivity (Wildman–Crippen MR) is 52.5 cm³/mol. The SMILES string of the molecule is COc1ccc(CN)cc1N.Cl. The Morgan fingerprint density at radius 1 is 1.42 bits per heavy atom. The van der Waals surface area contributed by atoms with E-state index in [1.807, 2.05) is 18.2 Å². The summed E-state index contributed by atoms with van der Waals surface area (Å²) < 4.78 is 4.98. The molecule has 3 nitrogen and oxygen atoms in total. The van der Waals surface area contributed by atoms with Gasteiger partial charge < -0.3 is 16.2 Å². The van der Waals surface area contributed by atoms with Crippen LogP contribution in [0.4, 0.5) is 5.69 Å². The van der Waals surface area contributed by atoms with Crippen LogP contribution in [-0.2, 0) is 6.54 Å². The molecule has 0 aliphatic rings. The van der Waals surface area contributed by atoms with Crippen molar-refractivity contribution in [1.82, 2.24) is 0 Å². The molecule has 0 saturated carbocycles. The van der Waals surface area contributed by atoms with Crippen molar-refractivity contribution in [2.75, 3.05) is 12.8 Å². The van der Waals surface area contributed by atoms with E-state index in [9.17, 15) is 0 Å². The highest BCUT2D eigenvalue weighted by molar-refractivity contribution is 5.85. The van der Waals surface area contributed by atoms with E-state index in [-0.39, 0.29) is 12.4 Å². The van der Waals surface area contributed by atoms with Gasteiger partial charge in [-0.15, -0.1) is 12.4 Å². The van der Waals surface area contributed by atoms with Crippen LogP contribution >= 0.6 is 12.4 Å². The van der Waals surface area contributed by atoms with Gasteiger partial charge in [-0.25, -0.2) is 0 Å². The van der Waals surface area contributed by atoms with Crippen molar-refractivity contribution in [3.05, 3.63) is 23.8 Å². The fourth-order valence-corrected chi connectivity index (χ4v) is 0.911. The van der Waals surface area contributed by atoms with Gasteiger partial charge >= 0.3 is 0 Å². The fraction of sp³-hybridized carbons (Fsp3) is 0.250. The lowest BCUT2D eigenvalue weighted by molar-refractivity contribution is 0.417. The zero-order chi connectivity index (χ0) is 8.27. The largest absolute Gasteiger partial charge is 0.495 e. The standard InChI is InChI=1S/C8H12N2O.ClH/c1-11-8-3-2-6(5-9)4-7(8)10;/h2-4H,5,9-10H2,1H3;1H. The maximum atomic E-state index is 5.63. The quantitative estimate of drug-likeness (QED) is 0.685. The Hall–Kier alpha value is -0.930. The fourth-order valence-electron chi connectivity index (χ4n) is 0.911. The normalized spacial score (nSPS) is 8.83. The van der Waals surface area contributed by atoms with Crippen LogP contribution in [0.3, 0.4) is 0 Å². The molecule has 0 radical (unpaired) electrons. The lowest BCUT2D eigenvalue weighted by Gasteiger charge is -2.04. The number of benzene rings is 1. The van der Waals surface area contributed by atoms with Gasteiger partial charge in [0.05, 0.1) is 12.8 Å². The van der Waals surface area contributed by atoms with Crippen molar-refractivity contribution in [3.8, 4) is 5.75 Å². The molecule has 0 saturated heterocycles. The van der Waals surface area contributed by atoms with E-state index < -0.39 is 0 Å². The van der Waals surface area contributed by atoms with Crippen LogP contribution < -0.4 is 16.2 Å². The van der Waals surface area contributed by atoms with Gasteiger partial charge in [0.1, 0.15) is 5.75 Å². The first kappa shape index (κ1) is 11.1. The number of hydrogen-bond donors (Lipinski definition) is 2. The third-order valence-corrected chi connectivity index (χ3v) is 1.53. The number of methoxy groups -OCH3 is 1. The zero-order valence-electron chi connectivity index (χ0n) is 6.91. The molecular formula is C8H13ClN2O. The van der Waals surface area contributed by atoms with Gasteiger partial charge in [-0.2, -0.15) is 0 Å². The molecule has 12 heavy (non-hydrogen) atoms. The molecule has 0 unspecified atom stereocenters. The van der Waals surface area contributed by atoms with E-state index in [0.29, 0.717) is 18.0 Å². The first-order valence-corrected chi connectivity index (χ1v) is 3.40. The number of halogens is 1. The van der Waals surface area contributed by atoms with Crippen molar-refractivity contribution in [2.24, 2.45) is 5.73 Å². The second-order valence-corrected chi connectivity index (χ2v) is 2.28. The third kappa shape index (κ3) is 2.29. The zero-order valence-corrected chi connectivity index (χ0v) is 7.73. The Morgan fingerprint density at radius 3 is 2.50 bits per heavy atom. The van der Waals surface area contributed by atoms with E-state index in [0.717, 1.165) is 5.56 Å². The van der Waals surface area contributed by atoms with Gasteiger partial charge in [0.25, 0.3) is 0 Å². The van der Waals surface area contributed by atoms with Gasteiger partial charge in [-0.1, -0.05) is 6.07 Å². The topological polar surface area (TPSA) is 61.3 Å². The van der Waals surface area contributed by atoms with Crippen molar-refractivity contribution < 1.29 is 4.74 Å². The molecule has 0 heterocycles. The summed E-state index contributed by atoms with van der Waals surface area (Å²) in [6.07, 6.45) is 0. The van der Waals surface area contributed by atoms with Crippen LogP contribution in [0.25, 0.3) is 0 Å². The van der Waals surface area contributed by atoms with E-state index in [1.165, 1.54) is 0 Å². The Balaban J connectivity index is 0.00000121. The van der Waals surface area contributed by atoms with E-state index in [4.69, 9.17) is 16.2 Å². The number of nitrogen functional groups attached to an aromatic ring is 1. The molecule has 0 amide bonds. The maximum absolute atomic E-state index is 5.63. The minimum absolute atomic E-state index is 0. The van der Waals surface area contributed by atoms with E-state index in [2.05, 4.69) is 0 Å². The Labute approximate surface area is 78.1 Å². The Bertz CT molecular complexity index is 253. The number of ether oxygens (including phenoxy) is 1. The van der Waals surface area contributed by atoms with E-state index in [1.54, 1.807) is 7.11 Å². The summed E-state index contributed by atoms with van der Waals surface area (Å²) in [5.41, 5.74) is 12.7. The highest BCUT2D eigenvalue weighted by Gasteiger charge is 1.97. The molecule has 0 spiro atoms. The molecule has 0 atom stereocenters. The van der Waals surface area contributed by atoms with Crippen molar-refractivity contribution in [2.45, 2.75) is 6.54 Å². The van der Waals surface area contributed by atoms with Gasteiger partial charge in [0.15, 0.2) is 0 Å². The maximum Gasteiger partial charge on any atom is 0.141 e. The van der Waals surface area contributed by atoms with Gasteiger partial charge in [0.2, 0.25) is 0 Å². The van der Waals surface area contributed by atoms with Crippen LogP contribution in [0.15, 0.2) is 18.2 Å². The molecule has 68 valence electrons. The van der Waals surface area contributed by atoms with Crippen LogP contribution in [-0.4, -0.2) is 7.11 Å². The molecule has 1 aromatic rings. The minimum atomic E-state index is 0. The van der Waals surface area contributed by atoms with E-state index >= 15 is 0 Å². The van der Waals surface area contributed by atoms with Crippen molar-refractivity contribution >= 4 is 18.1 Å². The summed E-state index contributed by atoms with van der Waals surface area (Å²) in [4.78, 5) is 0. The van der Waals surface area contributed by atoms with Crippen LogP contribution in [0.2, 0.25) is 0 Å². The highest BCUT2D eigenvalue weighted by Crippen LogP contribution is 2.21. The average molecular weight is 189 g/mol. The summed E-state index contributed by atoms with van der Waals surface area (Å²) in [6, 6.07) is 5.53. The average Bonchev–Trinajstić information content (AvgIpc) is 2.04. The lowest BCUT2D eigenvalue weighted by Crippen LogP contribution is -1.98. The molecular weight excluding hydrogens is 176 g/mol. The predicted octanol–water partition coefficient (Wildman–Crippen LogP) is 1.16. The molecule has 0 bridgehead atoms. The molecule has 1 rings (SSSR count). The first-order valence-electron chi connectivity index (χ1n) is 3.40. The van der Waals surface area contributed by atoms with Crippen molar-refractivity contribution in [3.63, 3.8) is 0 Å². The Kier molecular flexibility index (Phi) is 4.47. The second kappa shape index (κ2) is 4.85. The Morgan fingerprint density at radius 2 is 2.08 bits per heavy atom. The van der Waals surface area contributed by atoms with Crippen LogP contribution in [0.5, 0.6) is 5.75 Å². The van der Waals surface area contributed by atoms with Crippen LogP contribution in [0, 0.1) is 0 Å². The number of nitrogens with two attached hydrogens (primary N) is 2. The summed E-state index contributed by atoms with van der Waals surface area (Å²) in [7, 11) is 1.59. The highest BCUT2D eigenvalue weighted by atomic mass is 35.5. The van der Waals surface area contributed by atoms with Crippen molar-refractivity contribution in [1.29, 1.82) is 0 Å². The molecule has 4 heteroatoms. The molecule has 4 N–H and O–H groups in total. The summed E-state index contributed by atoms with van der Waals surface area (Å²) in [6.45, 7) is 0.508. The molecule has 0 aliphatic carbocycles. The third-order valence-electron chi connectivity index (χ3n) is 1.53. The monoisotopic (exact) mass is 188 g/mol. The van der Waals surface area contributed by atoms with Gasteiger partial charge in [-0.3, -0.25) is 0 Å². The molecule has 0 aliphatic heterocycles. The van der Waals surface area contributed by atoms with Gasteiger partial charge in [0, 0.05) is 6.54 Å². The summed E-state index contributed by atoms with van der Waals surface area (Å²) in [5.74, 6) is 0.696. The summed E-state index contributed by atoms with van der Waals surface area (Å²) >= 11 is 0. The van der Waals surface area contributed by atoms with Crippen LogP contribution in [0.1, 0.15) is 5.56 Å². The first-order chi connectivity index (χ1) is 5.27. The second-order valence-electron chi connectivity index (χ2n) is 2.28. The molecule has 0 fully saturated rings. The smallest absolute Gasteiger partial charge is 0.141 e. The van der Waals surface area contributed by atoms with Gasteiger partial charge in [-0.05, 0) is 17.7 Å². The molecule has 0 aromatic heterocycles. The molecule has 1 aromatic carbocycles. The number of anilines is 1. The summed E-state index contributed by atoms with van der Waals surface area (Å²) in [5, 5.41) is 0. The number of rotatable bonds is 2. The lowest BCUT2D eigenvalue weighted by atomic mass is 10.2. The minimum Gasteiger partial charge on any atom is -0.495 e. The number of hydrogen-bond acceptors (Lipinski definition) is 3.